The lowest BCUT2D eigenvalue weighted by Gasteiger charge is -2.00. The molecule has 2 aromatic heterocycles. The van der Waals surface area contributed by atoms with E-state index in [2.05, 4.69) is 30.5 Å². The normalized spacial score (nSPS) is 10.1. The summed E-state index contributed by atoms with van der Waals surface area (Å²) in [6.07, 6.45) is 3.93. The van der Waals surface area contributed by atoms with Gasteiger partial charge >= 0.3 is 5.69 Å². The average Bonchev–Trinajstić information content (AvgIpc) is 2.66. The average molecular weight is 206 g/mol. The number of hydrogen-bond donors (Lipinski definition) is 3. The minimum absolute atomic E-state index is 0.291. The standard InChI is InChI=1S/C8H10N6O/c15-8-12-6(13-14-8)2-5-11-7-9-3-1-4-10-7/h1,3-4H,2,5H2,(H,9,10,11)(H2,12,13,14,15). The Labute approximate surface area is 85.0 Å². The minimum atomic E-state index is -0.291. The highest BCUT2D eigenvalue weighted by molar-refractivity contribution is 5.21. The Kier molecular flexibility index (Phi) is 2.72. The van der Waals surface area contributed by atoms with Gasteiger partial charge in [0.05, 0.1) is 0 Å². The number of hydrogen-bond acceptors (Lipinski definition) is 5. The van der Waals surface area contributed by atoms with E-state index in [9.17, 15) is 4.79 Å². The van der Waals surface area contributed by atoms with Crippen LogP contribution in [0.3, 0.4) is 0 Å². The summed E-state index contributed by atoms with van der Waals surface area (Å²) in [7, 11) is 0. The van der Waals surface area contributed by atoms with Crippen LogP contribution in [0.5, 0.6) is 0 Å². The Morgan fingerprint density at radius 3 is 2.80 bits per heavy atom. The van der Waals surface area contributed by atoms with E-state index in [1.165, 1.54) is 0 Å². The van der Waals surface area contributed by atoms with Crippen LogP contribution in [0.25, 0.3) is 0 Å². The van der Waals surface area contributed by atoms with E-state index in [1.807, 2.05) is 0 Å². The summed E-state index contributed by atoms with van der Waals surface area (Å²) in [5, 5.41) is 9.07. The Balaban J connectivity index is 1.83. The zero-order valence-electron chi connectivity index (χ0n) is 7.90. The van der Waals surface area contributed by atoms with Crippen LogP contribution in [0, 0.1) is 0 Å². The summed E-state index contributed by atoms with van der Waals surface area (Å²) in [5.74, 6) is 1.18. The molecule has 2 aromatic rings. The molecule has 7 heteroatoms. The number of aromatic nitrogens is 5. The van der Waals surface area contributed by atoms with Crippen molar-refractivity contribution >= 4 is 5.95 Å². The third kappa shape index (κ3) is 2.63. The maximum atomic E-state index is 10.7. The van der Waals surface area contributed by atoms with Crippen LogP contribution in [0.4, 0.5) is 5.95 Å². The van der Waals surface area contributed by atoms with E-state index in [4.69, 9.17) is 0 Å². The van der Waals surface area contributed by atoms with Crippen molar-refractivity contribution in [3.8, 4) is 0 Å². The maximum Gasteiger partial charge on any atom is 0.340 e. The lowest BCUT2D eigenvalue weighted by molar-refractivity contribution is 0.890. The molecule has 0 aromatic carbocycles. The summed E-state index contributed by atoms with van der Waals surface area (Å²) in [4.78, 5) is 21.2. The van der Waals surface area contributed by atoms with Gasteiger partial charge in [0.25, 0.3) is 0 Å². The summed E-state index contributed by atoms with van der Waals surface area (Å²) in [6, 6.07) is 1.75. The van der Waals surface area contributed by atoms with Gasteiger partial charge in [0.15, 0.2) is 0 Å². The van der Waals surface area contributed by atoms with Gasteiger partial charge in [-0.3, -0.25) is 4.98 Å². The van der Waals surface area contributed by atoms with Crippen molar-refractivity contribution in [2.45, 2.75) is 6.42 Å². The van der Waals surface area contributed by atoms with Crippen LogP contribution >= 0.6 is 0 Å². The number of H-pyrrole nitrogens is 2. The monoisotopic (exact) mass is 206 g/mol. The van der Waals surface area contributed by atoms with Gasteiger partial charge in [-0.25, -0.2) is 19.9 Å². The molecule has 0 aliphatic heterocycles. The van der Waals surface area contributed by atoms with Crippen molar-refractivity contribution in [3.63, 3.8) is 0 Å². The minimum Gasteiger partial charge on any atom is -0.354 e. The first-order chi connectivity index (χ1) is 7.34. The second-order valence-electron chi connectivity index (χ2n) is 2.87. The molecule has 0 spiro atoms. The number of aromatic amines is 2. The largest absolute Gasteiger partial charge is 0.354 e. The molecule has 0 radical (unpaired) electrons. The first-order valence-corrected chi connectivity index (χ1v) is 4.49. The molecule has 0 saturated carbocycles. The molecule has 0 bridgehead atoms. The Bertz CT molecular complexity index is 461. The van der Waals surface area contributed by atoms with E-state index in [0.717, 1.165) is 0 Å². The second-order valence-corrected chi connectivity index (χ2v) is 2.87. The first-order valence-electron chi connectivity index (χ1n) is 4.49. The van der Waals surface area contributed by atoms with E-state index in [0.29, 0.717) is 24.7 Å². The molecule has 0 amide bonds. The van der Waals surface area contributed by atoms with Gasteiger partial charge in [-0.1, -0.05) is 0 Å². The summed E-state index contributed by atoms with van der Waals surface area (Å²) in [6.45, 7) is 0.616. The maximum absolute atomic E-state index is 10.7. The van der Waals surface area contributed by atoms with Crippen LogP contribution in [-0.2, 0) is 6.42 Å². The second kappa shape index (κ2) is 4.36. The Morgan fingerprint density at radius 2 is 2.13 bits per heavy atom. The molecule has 78 valence electrons. The van der Waals surface area contributed by atoms with E-state index < -0.39 is 0 Å². The molecule has 0 atom stereocenters. The zero-order chi connectivity index (χ0) is 10.5. The molecule has 7 nitrogen and oxygen atoms in total. The molecule has 3 N–H and O–H groups in total. The third-order valence-corrected chi connectivity index (χ3v) is 1.76. The predicted molar refractivity (Wildman–Crippen MR) is 53.4 cm³/mol. The highest BCUT2D eigenvalue weighted by Crippen LogP contribution is 1.94. The zero-order valence-corrected chi connectivity index (χ0v) is 7.90. The SMILES string of the molecule is O=c1[nH]nc(CCNc2ncccn2)[nH]1. The summed E-state index contributed by atoms with van der Waals surface area (Å²) < 4.78 is 0. The van der Waals surface area contributed by atoms with E-state index in [-0.39, 0.29) is 5.69 Å². The highest BCUT2D eigenvalue weighted by atomic mass is 16.1. The fraction of sp³-hybridized carbons (Fsp3) is 0.250. The van der Waals surface area contributed by atoms with Gasteiger partial charge in [0.1, 0.15) is 5.82 Å². The third-order valence-electron chi connectivity index (χ3n) is 1.76. The molecular weight excluding hydrogens is 196 g/mol. The molecular formula is C8H10N6O. The topological polar surface area (TPSA) is 99.3 Å². The fourth-order valence-corrected chi connectivity index (χ4v) is 1.11. The first kappa shape index (κ1) is 9.38. The van der Waals surface area contributed by atoms with E-state index in [1.54, 1.807) is 18.5 Å². The van der Waals surface area contributed by atoms with Gasteiger partial charge in [-0.15, -0.1) is 0 Å². The Morgan fingerprint density at radius 1 is 1.33 bits per heavy atom. The summed E-state index contributed by atoms with van der Waals surface area (Å²) >= 11 is 0. The fourth-order valence-electron chi connectivity index (χ4n) is 1.11. The number of anilines is 1. The van der Waals surface area contributed by atoms with Crippen molar-refractivity contribution in [1.82, 2.24) is 25.1 Å². The molecule has 0 aliphatic carbocycles. The molecule has 15 heavy (non-hydrogen) atoms. The van der Waals surface area contributed by atoms with Gasteiger partial charge in [-0.05, 0) is 6.07 Å². The van der Waals surface area contributed by atoms with Crippen LogP contribution in [0.1, 0.15) is 5.82 Å². The lowest BCUT2D eigenvalue weighted by Crippen LogP contribution is -2.09. The van der Waals surface area contributed by atoms with Crippen molar-refractivity contribution in [2.75, 3.05) is 11.9 Å². The van der Waals surface area contributed by atoms with Crippen LogP contribution in [0.2, 0.25) is 0 Å². The van der Waals surface area contributed by atoms with Crippen molar-refractivity contribution in [2.24, 2.45) is 0 Å². The van der Waals surface area contributed by atoms with E-state index >= 15 is 0 Å². The smallest absolute Gasteiger partial charge is 0.340 e. The molecule has 0 aliphatic rings. The van der Waals surface area contributed by atoms with Crippen LogP contribution < -0.4 is 11.0 Å². The van der Waals surface area contributed by atoms with Gasteiger partial charge in [0.2, 0.25) is 5.95 Å². The van der Waals surface area contributed by atoms with Gasteiger partial charge in [0, 0.05) is 25.4 Å². The molecule has 0 saturated heterocycles. The molecule has 0 fully saturated rings. The predicted octanol–water partition coefficient (Wildman–Crippen LogP) is -0.457. The summed E-state index contributed by atoms with van der Waals surface area (Å²) in [5.41, 5.74) is -0.291. The van der Waals surface area contributed by atoms with Crippen LogP contribution in [0.15, 0.2) is 23.3 Å². The number of rotatable bonds is 4. The highest BCUT2D eigenvalue weighted by Gasteiger charge is 1.98. The molecule has 0 unspecified atom stereocenters. The van der Waals surface area contributed by atoms with Crippen molar-refractivity contribution < 1.29 is 0 Å². The molecule has 2 heterocycles. The quantitative estimate of drug-likeness (QED) is 0.628. The van der Waals surface area contributed by atoms with Crippen molar-refractivity contribution in [3.05, 3.63) is 34.8 Å². The molecule has 2 rings (SSSR count). The number of nitrogens with zero attached hydrogens (tertiary/aromatic N) is 3. The van der Waals surface area contributed by atoms with Crippen LogP contribution in [-0.4, -0.2) is 31.7 Å². The lowest BCUT2D eigenvalue weighted by atomic mass is 10.4. The van der Waals surface area contributed by atoms with Gasteiger partial charge < -0.3 is 5.32 Å². The van der Waals surface area contributed by atoms with Crippen molar-refractivity contribution in [1.29, 1.82) is 0 Å². The van der Waals surface area contributed by atoms with Gasteiger partial charge in [-0.2, -0.15) is 5.10 Å². The Hall–Kier alpha value is -2.18. The number of nitrogens with one attached hydrogen (secondary N) is 3.